The summed E-state index contributed by atoms with van der Waals surface area (Å²) in [6, 6.07) is 6.73. The van der Waals surface area contributed by atoms with Crippen LogP contribution in [0, 0.1) is 0 Å². The van der Waals surface area contributed by atoms with Gasteiger partial charge in [0.2, 0.25) is 0 Å². The summed E-state index contributed by atoms with van der Waals surface area (Å²) in [6.07, 6.45) is 6.42. The van der Waals surface area contributed by atoms with E-state index in [4.69, 9.17) is 4.98 Å². The van der Waals surface area contributed by atoms with Crippen molar-refractivity contribution >= 4 is 28.3 Å². The summed E-state index contributed by atoms with van der Waals surface area (Å²) >= 11 is 1.64. The Balaban J connectivity index is 1.88. The van der Waals surface area contributed by atoms with E-state index in [1.807, 2.05) is 22.2 Å². The number of hydrogen-bond acceptors (Lipinski definition) is 4. The zero-order valence-electron chi connectivity index (χ0n) is 17.1. The number of rotatable bonds is 5. The van der Waals surface area contributed by atoms with Gasteiger partial charge < -0.3 is 4.90 Å². The highest BCUT2D eigenvalue weighted by Gasteiger charge is 2.31. The van der Waals surface area contributed by atoms with Crippen LogP contribution in [0.15, 0.2) is 29.8 Å². The molecule has 0 spiro atoms. The molecule has 0 bridgehead atoms. The summed E-state index contributed by atoms with van der Waals surface area (Å²) in [4.78, 5) is 21.8. The topological polar surface area (TPSA) is 51.0 Å². The van der Waals surface area contributed by atoms with E-state index in [1.165, 1.54) is 12.8 Å². The predicted molar refractivity (Wildman–Crippen MR) is 115 cm³/mol. The molecule has 3 aromatic rings. The average Bonchev–Trinajstić information content (AvgIpc) is 3.41. The molecule has 1 aliphatic carbocycles. The van der Waals surface area contributed by atoms with Crippen molar-refractivity contribution in [3.63, 3.8) is 0 Å². The van der Waals surface area contributed by atoms with Gasteiger partial charge in [-0.25, -0.2) is 9.67 Å². The second-order valence-electron chi connectivity index (χ2n) is 8.20. The third-order valence-corrected chi connectivity index (χ3v) is 6.46. The lowest BCUT2D eigenvalue weighted by Crippen LogP contribution is -2.43. The lowest BCUT2D eigenvalue weighted by Gasteiger charge is -2.33. The molecule has 0 radical (unpaired) electrons. The van der Waals surface area contributed by atoms with Crippen LogP contribution in [0.25, 0.3) is 21.6 Å². The lowest BCUT2D eigenvalue weighted by molar-refractivity contribution is 0.0615. The molecule has 0 unspecified atom stereocenters. The number of thiophene rings is 1. The molecular formula is C22H28N4OS. The smallest absolute Gasteiger partial charge is 0.255 e. The number of nitrogens with zero attached hydrogens (tertiary/aromatic N) is 4. The third-order valence-electron chi connectivity index (χ3n) is 5.57. The fourth-order valence-corrected chi connectivity index (χ4v) is 4.95. The van der Waals surface area contributed by atoms with Crippen LogP contribution in [0.1, 0.15) is 69.8 Å². The maximum atomic E-state index is 13.8. The highest BCUT2D eigenvalue weighted by molar-refractivity contribution is 7.13. The Hall–Kier alpha value is -2.21. The average molecular weight is 397 g/mol. The number of hydrogen-bond donors (Lipinski definition) is 0. The van der Waals surface area contributed by atoms with Crippen LogP contribution in [-0.2, 0) is 0 Å². The van der Waals surface area contributed by atoms with Gasteiger partial charge >= 0.3 is 0 Å². The summed E-state index contributed by atoms with van der Waals surface area (Å²) in [7, 11) is 0. The number of aromatic nitrogens is 3. The maximum Gasteiger partial charge on any atom is 0.255 e. The number of pyridine rings is 1. The largest absolute Gasteiger partial charge is 0.333 e. The SMILES string of the molecule is CC(C)N(C(=O)c1cc(-c2cccs2)nc2c1cnn2C(C)C)C1CCCC1. The molecule has 148 valence electrons. The minimum absolute atomic E-state index is 0.107. The number of carbonyl (C=O) groups is 1. The van der Waals surface area contributed by atoms with Gasteiger partial charge in [0.05, 0.1) is 27.7 Å². The van der Waals surface area contributed by atoms with Crippen LogP contribution < -0.4 is 0 Å². The van der Waals surface area contributed by atoms with Crippen molar-refractivity contribution in [3.8, 4) is 10.6 Å². The molecule has 0 aliphatic heterocycles. The standard InChI is InChI=1S/C22H28N4OS/c1-14(2)25(16-8-5-6-9-16)22(27)17-12-19(20-10-7-11-28-20)24-21-18(17)13-23-26(21)15(3)4/h7,10-16H,5-6,8-9H2,1-4H3. The molecule has 1 aliphatic rings. The molecule has 0 N–H and O–H groups in total. The van der Waals surface area contributed by atoms with Crippen molar-refractivity contribution in [3.05, 3.63) is 35.3 Å². The zero-order chi connectivity index (χ0) is 19.8. The van der Waals surface area contributed by atoms with Crippen LogP contribution in [0.5, 0.6) is 0 Å². The fraction of sp³-hybridized carbons (Fsp3) is 0.500. The van der Waals surface area contributed by atoms with Crippen LogP contribution in [0.4, 0.5) is 0 Å². The molecule has 0 saturated heterocycles. The molecule has 1 fully saturated rings. The zero-order valence-corrected chi connectivity index (χ0v) is 17.9. The van der Waals surface area contributed by atoms with Crippen molar-refractivity contribution in [1.29, 1.82) is 0 Å². The first-order chi connectivity index (χ1) is 13.5. The minimum atomic E-state index is 0.107. The number of fused-ring (bicyclic) bond motifs is 1. The van der Waals surface area contributed by atoms with E-state index in [2.05, 4.69) is 43.8 Å². The number of carbonyl (C=O) groups excluding carboxylic acids is 1. The lowest BCUT2D eigenvalue weighted by atomic mass is 10.1. The minimum Gasteiger partial charge on any atom is -0.333 e. The molecule has 4 rings (SSSR count). The summed E-state index contributed by atoms with van der Waals surface area (Å²) in [5.74, 6) is 0.107. The van der Waals surface area contributed by atoms with Crippen molar-refractivity contribution in [2.45, 2.75) is 71.5 Å². The van der Waals surface area contributed by atoms with Gasteiger partial charge in [0, 0.05) is 18.1 Å². The van der Waals surface area contributed by atoms with Gasteiger partial charge in [-0.15, -0.1) is 11.3 Å². The normalized spacial score (nSPS) is 15.2. The van der Waals surface area contributed by atoms with Crippen LogP contribution in [0.3, 0.4) is 0 Å². The summed E-state index contributed by atoms with van der Waals surface area (Å²) in [6.45, 7) is 8.41. The second kappa shape index (κ2) is 7.66. The van der Waals surface area contributed by atoms with Crippen molar-refractivity contribution in [1.82, 2.24) is 19.7 Å². The molecule has 3 heterocycles. The first-order valence-corrected chi connectivity index (χ1v) is 11.1. The van der Waals surface area contributed by atoms with E-state index in [9.17, 15) is 4.79 Å². The molecule has 5 nitrogen and oxygen atoms in total. The van der Waals surface area contributed by atoms with Crippen molar-refractivity contribution in [2.24, 2.45) is 0 Å². The predicted octanol–water partition coefficient (Wildman–Crippen LogP) is 5.53. The highest BCUT2D eigenvalue weighted by Crippen LogP contribution is 2.32. The Morgan fingerprint density at radius 1 is 1.25 bits per heavy atom. The first-order valence-electron chi connectivity index (χ1n) is 10.2. The van der Waals surface area contributed by atoms with E-state index in [1.54, 1.807) is 17.5 Å². The highest BCUT2D eigenvalue weighted by atomic mass is 32.1. The van der Waals surface area contributed by atoms with Gasteiger partial charge in [0.1, 0.15) is 0 Å². The van der Waals surface area contributed by atoms with Gasteiger partial charge in [-0.2, -0.15) is 5.10 Å². The van der Waals surface area contributed by atoms with E-state index < -0.39 is 0 Å². The van der Waals surface area contributed by atoms with Gasteiger partial charge in [-0.1, -0.05) is 18.9 Å². The Morgan fingerprint density at radius 3 is 2.61 bits per heavy atom. The van der Waals surface area contributed by atoms with E-state index in [0.29, 0.717) is 6.04 Å². The van der Waals surface area contributed by atoms with E-state index >= 15 is 0 Å². The Labute approximate surface area is 170 Å². The van der Waals surface area contributed by atoms with Crippen molar-refractivity contribution < 1.29 is 4.79 Å². The van der Waals surface area contributed by atoms with Crippen LogP contribution in [-0.4, -0.2) is 37.7 Å². The van der Waals surface area contributed by atoms with Crippen LogP contribution >= 0.6 is 11.3 Å². The van der Waals surface area contributed by atoms with E-state index in [0.717, 1.165) is 40.0 Å². The molecular weight excluding hydrogens is 368 g/mol. The summed E-state index contributed by atoms with van der Waals surface area (Å²) in [5.41, 5.74) is 2.36. The third kappa shape index (κ3) is 3.34. The first kappa shape index (κ1) is 19.1. The van der Waals surface area contributed by atoms with Gasteiger partial charge in [0.15, 0.2) is 5.65 Å². The molecule has 0 aromatic carbocycles. The van der Waals surface area contributed by atoms with E-state index in [-0.39, 0.29) is 18.0 Å². The van der Waals surface area contributed by atoms with Gasteiger partial charge in [0.25, 0.3) is 5.91 Å². The Kier molecular flexibility index (Phi) is 5.23. The van der Waals surface area contributed by atoms with Gasteiger partial charge in [-0.3, -0.25) is 4.79 Å². The van der Waals surface area contributed by atoms with Crippen LogP contribution in [0.2, 0.25) is 0 Å². The quantitative estimate of drug-likeness (QED) is 0.569. The van der Waals surface area contributed by atoms with Gasteiger partial charge in [-0.05, 0) is 58.0 Å². The molecule has 6 heteroatoms. The molecule has 0 atom stereocenters. The molecule has 3 aromatic heterocycles. The summed E-state index contributed by atoms with van der Waals surface area (Å²) < 4.78 is 1.92. The maximum absolute atomic E-state index is 13.8. The molecule has 28 heavy (non-hydrogen) atoms. The number of amides is 1. The molecule has 1 saturated carbocycles. The second-order valence-corrected chi connectivity index (χ2v) is 9.14. The monoisotopic (exact) mass is 396 g/mol. The molecule has 1 amide bonds. The fourth-order valence-electron chi connectivity index (χ4n) is 4.27. The van der Waals surface area contributed by atoms with Crippen molar-refractivity contribution in [2.75, 3.05) is 0 Å². The Bertz CT molecular complexity index is 968. The summed E-state index contributed by atoms with van der Waals surface area (Å²) in [5, 5.41) is 7.44. The Morgan fingerprint density at radius 2 is 2.00 bits per heavy atom.